The lowest BCUT2D eigenvalue weighted by atomic mass is 10.1. The van der Waals surface area contributed by atoms with Gasteiger partial charge in [0.15, 0.2) is 8.32 Å². The first kappa shape index (κ1) is 16.2. The molecule has 0 aliphatic heterocycles. The normalized spacial score (nSPS) is 13.3. The first-order valence-corrected chi connectivity index (χ1v) is 9.70. The molecule has 0 bridgehead atoms. The smallest absolute Gasteiger partial charge is 0.192 e. The van der Waals surface area contributed by atoms with Crippen LogP contribution in [0.5, 0.6) is 5.75 Å². The minimum atomic E-state index is -1.66. The Kier molecular flexibility index (Phi) is 6.55. The van der Waals surface area contributed by atoms with E-state index in [0.717, 1.165) is 29.4 Å². The third-order valence-electron chi connectivity index (χ3n) is 4.03. The van der Waals surface area contributed by atoms with E-state index in [0.29, 0.717) is 6.54 Å². The van der Waals surface area contributed by atoms with Crippen LogP contribution in [-0.2, 0) is 4.43 Å². The molecule has 0 fully saturated rings. The molecule has 1 unspecified atom stereocenters. The van der Waals surface area contributed by atoms with E-state index in [1.165, 1.54) is 0 Å². The molecule has 0 aliphatic rings. The summed E-state index contributed by atoms with van der Waals surface area (Å²) in [6.45, 7) is 7.19. The second-order valence-electron chi connectivity index (χ2n) is 4.83. The van der Waals surface area contributed by atoms with Crippen molar-refractivity contribution in [2.24, 2.45) is 5.73 Å². The van der Waals surface area contributed by atoms with Crippen molar-refractivity contribution >= 4 is 8.32 Å². The largest absolute Gasteiger partial charge is 0.496 e. The topological polar surface area (TPSA) is 44.5 Å². The second kappa shape index (κ2) is 7.67. The lowest BCUT2D eigenvalue weighted by molar-refractivity contribution is 0.193. The summed E-state index contributed by atoms with van der Waals surface area (Å²) >= 11 is 0. The minimum absolute atomic E-state index is 0.0531. The van der Waals surface area contributed by atoms with Gasteiger partial charge in [0.2, 0.25) is 0 Å². The number of rotatable bonds is 8. The fourth-order valence-corrected chi connectivity index (χ4v) is 5.30. The maximum absolute atomic E-state index is 6.50. The summed E-state index contributed by atoms with van der Waals surface area (Å²) in [7, 11) is 0.0355. The van der Waals surface area contributed by atoms with Gasteiger partial charge in [-0.1, -0.05) is 39.0 Å². The third-order valence-corrected chi connectivity index (χ3v) is 8.68. The van der Waals surface area contributed by atoms with Gasteiger partial charge in [-0.15, -0.1) is 0 Å². The average molecular weight is 281 g/mol. The number of hydrogen-bond donors (Lipinski definition) is 1. The van der Waals surface area contributed by atoms with E-state index in [1.54, 1.807) is 7.11 Å². The molecule has 0 radical (unpaired) electrons. The molecule has 1 atom stereocenters. The van der Waals surface area contributed by atoms with E-state index in [-0.39, 0.29) is 6.10 Å². The van der Waals surface area contributed by atoms with Crippen LogP contribution in [0.3, 0.4) is 0 Å². The summed E-state index contributed by atoms with van der Waals surface area (Å²) < 4.78 is 11.9. The molecule has 0 amide bonds. The molecule has 1 aromatic carbocycles. The van der Waals surface area contributed by atoms with Gasteiger partial charge < -0.3 is 14.9 Å². The minimum Gasteiger partial charge on any atom is -0.496 e. The van der Waals surface area contributed by atoms with Gasteiger partial charge in [-0.25, -0.2) is 0 Å². The summed E-state index contributed by atoms with van der Waals surface area (Å²) in [6.07, 6.45) is -0.0531. The number of ether oxygens (including phenoxy) is 1. The maximum Gasteiger partial charge on any atom is 0.192 e. The molecular weight excluding hydrogens is 254 g/mol. The first-order valence-electron chi connectivity index (χ1n) is 7.17. The van der Waals surface area contributed by atoms with Crippen molar-refractivity contribution in [3.05, 3.63) is 29.8 Å². The number of para-hydroxylation sites is 1. The predicted octanol–water partition coefficient (Wildman–Crippen LogP) is 3.72. The highest BCUT2D eigenvalue weighted by Crippen LogP contribution is 2.33. The van der Waals surface area contributed by atoms with E-state index in [4.69, 9.17) is 14.9 Å². The van der Waals surface area contributed by atoms with Gasteiger partial charge >= 0.3 is 0 Å². The predicted molar refractivity (Wildman–Crippen MR) is 83.1 cm³/mol. The summed E-state index contributed by atoms with van der Waals surface area (Å²) in [6, 6.07) is 11.4. The molecule has 108 valence electrons. The van der Waals surface area contributed by atoms with Gasteiger partial charge in [-0.05, 0) is 24.2 Å². The Morgan fingerprint density at radius 2 is 1.68 bits per heavy atom. The fraction of sp³-hybridized carbons (Fsp3) is 0.600. The average Bonchev–Trinajstić information content (AvgIpc) is 2.49. The van der Waals surface area contributed by atoms with Crippen LogP contribution in [-0.4, -0.2) is 22.0 Å². The molecular formula is C15H27NO2Si. The Morgan fingerprint density at radius 3 is 2.16 bits per heavy atom. The number of benzene rings is 1. The Hall–Kier alpha value is -0.843. The Morgan fingerprint density at radius 1 is 1.11 bits per heavy atom. The van der Waals surface area contributed by atoms with Crippen LogP contribution in [0.4, 0.5) is 0 Å². The molecule has 2 N–H and O–H groups in total. The molecule has 0 aromatic heterocycles. The number of hydrogen-bond acceptors (Lipinski definition) is 3. The van der Waals surface area contributed by atoms with Gasteiger partial charge in [0, 0.05) is 12.1 Å². The van der Waals surface area contributed by atoms with Crippen molar-refractivity contribution < 1.29 is 9.16 Å². The van der Waals surface area contributed by atoms with E-state index in [9.17, 15) is 0 Å². The van der Waals surface area contributed by atoms with Gasteiger partial charge in [0.25, 0.3) is 0 Å². The van der Waals surface area contributed by atoms with Crippen molar-refractivity contribution in [3.8, 4) is 5.75 Å². The molecule has 0 saturated carbocycles. The van der Waals surface area contributed by atoms with Crippen LogP contribution >= 0.6 is 0 Å². The van der Waals surface area contributed by atoms with Crippen molar-refractivity contribution in [3.63, 3.8) is 0 Å². The van der Waals surface area contributed by atoms with Gasteiger partial charge in [0.1, 0.15) is 5.75 Å². The third kappa shape index (κ3) is 3.81. The van der Waals surface area contributed by atoms with Gasteiger partial charge in [-0.3, -0.25) is 0 Å². The van der Waals surface area contributed by atoms with Crippen molar-refractivity contribution in [2.75, 3.05) is 13.7 Å². The molecule has 3 nitrogen and oxygen atoms in total. The van der Waals surface area contributed by atoms with Crippen LogP contribution < -0.4 is 10.5 Å². The van der Waals surface area contributed by atoms with Crippen LogP contribution in [0, 0.1) is 0 Å². The van der Waals surface area contributed by atoms with E-state index >= 15 is 0 Å². The molecule has 0 heterocycles. The van der Waals surface area contributed by atoms with Crippen LogP contribution in [0.25, 0.3) is 0 Å². The van der Waals surface area contributed by atoms with Crippen LogP contribution in [0.1, 0.15) is 32.4 Å². The zero-order chi connectivity index (χ0) is 14.3. The highest BCUT2D eigenvalue weighted by atomic mass is 28.4. The highest BCUT2D eigenvalue weighted by Gasteiger charge is 2.32. The molecule has 4 heteroatoms. The molecule has 0 saturated heterocycles. The highest BCUT2D eigenvalue weighted by molar-refractivity contribution is 6.73. The Balaban J connectivity index is 3.00. The summed E-state index contributed by atoms with van der Waals surface area (Å²) in [4.78, 5) is 0. The van der Waals surface area contributed by atoms with Gasteiger partial charge in [0.05, 0.1) is 13.2 Å². The van der Waals surface area contributed by atoms with E-state index < -0.39 is 8.32 Å². The summed E-state index contributed by atoms with van der Waals surface area (Å²) in [5.74, 6) is 0.865. The summed E-state index contributed by atoms with van der Waals surface area (Å²) in [5, 5.41) is 0. The SMILES string of the molecule is CC[Si](CC)(CC)OC(CN)c1ccccc1OC. The fourth-order valence-electron chi connectivity index (χ4n) is 2.47. The first-order chi connectivity index (χ1) is 9.16. The Bertz CT molecular complexity index is 372. The zero-order valence-corrected chi connectivity index (χ0v) is 13.6. The van der Waals surface area contributed by atoms with E-state index in [1.807, 2.05) is 18.2 Å². The zero-order valence-electron chi connectivity index (χ0n) is 12.6. The molecule has 0 aliphatic carbocycles. The molecule has 1 rings (SSSR count). The second-order valence-corrected chi connectivity index (χ2v) is 9.55. The van der Waals surface area contributed by atoms with Crippen molar-refractivity contribution in [1.82, 2.24) is 0 Å². The number of nitrogens with two attached hydrogens (primary N) is 1. The quantitative estimate of drug-likeness (QED) is 0.739. The van der Waals surface area contributed by atoms with Crippen LogP contribution in [0.2, 0.25) is 18.1 Å². The van der Waals surface area contributed by atoms with Gasteiger partial charge in [-0.2, -0.15) is 0 Å². The van der Waals surface area contributed by atoms with Crippen molar-refractivity contribution in [1.29, 1.82) is 0 Å². The standard InChI is InChI=1S/C15H27NO2Si/c1-5-19(6-2,7-3)18-15(12-16)13-10-8-9-11-14(13)17-4/h8-11,15H,5-7,12,16H2,1-4H3. The van der Waals surface area contributed by atoms with Crippen LogP contribution in [0.15, 0.2) is 24.3 Å². The molecule has 19 heavy (non-hydrogen) atoms. The van der Waals surface area contributed by atoms with Crippen molar-refractivity contribution in [2.45, 2.75) is 45.0 Å². The monoisotopic (exact) mass is 281 g/mol. The lowest BCUT2D eigenvalue weighted by Gasteiger charge is -2.33. The molecule has 0 spiro atoms. The molecule has 1 aromatic rings. The lowest BCUT2D eigenvalue weighted by Crippen LogP contribution is -2.39. The van der Waals surface area contributed by atoms with E-state index in [2.05, 4.69) is 26.8 Å². The number of methoxy groups -OCH3 is 1. The summed E-state index contributed by atoms with van der Waals surface area (Å²) in [5.41, 5.74) is 7.01. The Labute approximate surface area is 118 Å². The maximum atomic E-state index is 6.50.